The number of benzene rings is 3. The lowest BCUT2D eigenvalue weighted by Crippen LogP contribution is -2.30. The summed E-state index contributed by atoms with van der Waals surface area (Å²) in [6, 6.07) is 21.2. The van der Waals surface area contributed by atoms with E-state index in [0.717, 1.165) is 15.4 Å². The second-order valence-electron chi connectivity index (χ2n) is 7.71. The molecule has 172 valence electrons. The van der Waals surface area contributed by atoms with E-state index in [0.29, 0.717) is 11.3 Å². The van der Waals surface area contributed by atoms with Gasteiger partial charge in [-0.25, -0.2) is 17.5 Å². The first-order valence-electron chi connectivity index (χ1n) is 10.3. The minimum Gasteiger partial charge on any atom is -0.449 e. The van der Waals surface area contributed by atoms with Crippen LogP contribution in [-0.2, 0) is 19.6 Å². The van der Waals surface area contributed by atoms with Crippen molar-refractivity contribution in [1.82, 2.24) is 4.31 Å². The summed E-state index contributed by atoms with van der Waals surface area (Å²) in [5.41, 5.74) is 2.99. The van der Waals surface area contributed by atoms with Crippen LogP contribution in [0.4, 0.5) is 5.69 Å². The van der Waals surface area contributed by atoms with Gasteiger partial charge in [-0.3, -0.25) is 4.79 Å². The van der Waals surface area contributed by atoms with Gasteiger partial charge < -0.3 is 10.1 Å². The molecule has 0 aliphatic carbocycles. The minimum absolute atomic E-state index is 0.0288. The second-order valence-corrected chi connectivity index (χ2v) is 9.86. The Morgan fingerprint density at radius 2 is 1.58 bits per heavy atom. The largest absolute Gasteiger partial charge is 0.449 e. The maximum absolute atomic E-state index is 12.8. The number of esters is 1. The van der Waals surface area contributed by atoms with Crippen LogP contribution in [0.15, 0.2) is 77.7 Å². The lowest BCUT2D eigenvalue weighted by Gasteiger charge is -2.17. The third-order valence-electron chi connectivity index (χ3n) is 5.13. The van der Waals surface area contributed by atoms with E-state index < -0.39 is 28.0 Å². The molecule has 0 aliphatic heterocycles. The fourth-order valence-electron chi connectivity index (χ4n) is 3.17. The van der Waals surface area contributed by atoms with Crippen LogP contribution in [0.3, 0.4) is 0 Å². The van der Waals surface area contributed by atoms with E-state index in [1.165, 1.54) is 39.2 Å². The number of amides is 1. The average molecular weight is 467 g/mol. The van der Waals surface area contributed by atoms with Crippen molar-refractivity contribution in [3.05, 3.63) is 83.9 Å². The third kappa shape index (κ3) is 5.47. The molecule has 33 heavy (non-hydrogen) atoms. The van der Waals surface area contributed by atoms with Crippen LogP contribution >= 0.6 is 0 Å². The molecule has 1 unspecified atom stereocenters. The first kappa shape index (κ1) is 24.2. The number of hydrogen-bond acceptors (Lipinski definition) is 5. The molecule has 7 nitrogen and oxygen atoms in total. The zero-order chi connectivity index (χ0) is 24.2. The molecule has 0 spiro atoms. The summed E-state index contributed by atoms with van der Waals surface area (Å²) >= 11 is 0. The number of hydrogen-bond donors (Lipinski definition) is 1. The van der Waals surface area contributed by atoms with Crippen LogP contribution in [0.1, 0.15) is 22.8 Å². The molecule has 3 aromatic rings. The summed E-state index contributed by atoms with van der Waals surface area (Å²) < 4.78 is 31.2. The normalized spacial score (nSPS) is 12.3. The van der Waals surface area contributed by atoms with Gasteiger partial charge in [0.1, 0.15) is 0 Å². The Bertz CT molecular complexity index is 1270. The van der Waals surface area contributed by atoms with Gasteiger partial charge in [0.05, 0.1) is 10.5 Å². The van der Waals surface area contributed by atoms with Crippen molar-refractivity contribution >= 4 is 27.6 Å². The number of nitrogens with zero attached hydrogens (tertiary/aromatic N) is 1. The molecular formula is C25H26N2O5S. The standard InChI is InChI=1S/C25H26N2O5S/c1-17-14-15-20(33(30,31)27(3)4)16-22(17)25(29)32-18(2)24(28)26-23-13-9-8-12-21(23)19-10-6-5-7-11-19/h5-16,18H,1-4H3,(H,26,28). The predicted octanol–water partition coefficient (Wildman–Crippen LogP) is 4.10. The van der Waals surface area contributed by atoms with Crippen molar-refractivity contribution < 1.29 is 22.7 Å². The Balaban J connectivity index is 1.77. The fourth-order valence-corrected chi connectivity index (χ4v) is 4.09. The van der Waals surface area contributed by atoms with Crippen LogP contribution in [-0.4, -0.2) is 44.8 Å². The summed E-state index contributed by atoms with van der Waals surface area (Å²) in [6.07, 6.45) is -1.10. The summed E-state index contributed by atoms with van der Waals surface area (Å²) in [6.45, 7) is 3.14. The van der Waals surface area contributed by atoms with E-state index in [9.17, 15) is 18.0 Å². The van der Waals surface area contributed by atoms with E-state index in [1.807, 2.05) is 42.5 Å². The number of carbonyl (C=O) groups is 2. The second kappa shape index (κ2) is 9.97. The van der Waals surface area contributed by atoms with Crippen molar-refractivity contribution in [1.29, 1.82) is 0 Å². The first-order valence-corrected chi connectivity index (χ1v) is 11.7. The highest BCUT2D eigenvalue weighted by Crippen LogP contribution is 2.28. The number of nitrogens with one attached hydrogen (secondary N) is 1. The van der Waals surface area contributed by atoms with Gasteiger partial charge in [-0.15, -0.1) is 0 Å². The number of aryl methyl sites for hydroxylation is 1. The molecule has 3 rings (SSSR count). The van der Waals surface area contributed by atoms with Gasteiger partial charge in [-0.05, 0) is 43.2 Å². The molecule has 0 saturated heterocycles. The number of anilines is 1. The van der Waals surface area contributed by atoms with Gasteiger partial charge in [0.25, 0.3) is 5.91 Å². The van der Waals surface area contributed by atoms with E-state index in [2.05, 4.69) is 5.32 Å². The fraction of sp³-hybridized carbons (Fsp3) is 0.200. The highest BCUT2D eigenvalue weighted by atomic mass is 32.2. The monoisotopic (exact) mass is 466 g/mol. The van der Waals surface area contributed by atoms with Gasteiger partial charge in [-0.1, -0.05) is 54.6 Å². The van der Waals surface area contributed by atoms with Gasteiger partial charge in [0, 0.05) is 25.3 Å². The highest BCUT2D eigenvalue weighted by molar-refractivity contribution is 7.89. The molecule has 1 N–H and O–H groups in total. The Morgan fingerprint density at radius 3 is 2.24 bits per heavy atom. The Morgan fingerprint density at radius 1 is 0.939 bits per heavy atom. The lowest BCUT2D eigenvalue weighted by molar-refractivity contribution is -0.123. The summed E-state index contributed by atoms with van der Waals surface area (Å²) in [4.78, 5) is 25.5. The third-order valence-corrected chi connectivity index (χ3v) is 6.94. The molecule has 1 atom stereocenters. The molecular weight excluding hydrogens is 440 g/mol. The van der Waals surface area contributed by atoms with Gasteiger partial charge >= 0.3 is 5.97 Å². The molecule has 0 aliphatic rings. The molecule has 0 radical (unpaired) electrons. The van der Waals surface area contributed by atoms with Crippen LogP contribution in [0.25, 0.3) is 11.1 Å². The van der Waals surface area contributed by atoms with Crippen molar-refractivity contribution in [3.8, 4) is 11.1 Å². The molecule has 3 aromatic carbocycles. The zero-order valence-corrected chi connectivity index (χ0v) is 19.7. The smallest absolute Gasteiger partial charge is 0.339 e. The molecule has 8 heteroatoms. The van der Waals surface area contributed by atoms with Crippen LogP contribution < -0.4 is 5.32 Å². The average Bonchev–Trinajstić information content (AvgIpc) is 2.79. The van der Waals surface area contributed by atoms with Crippen LogP contribution in [0, 0.1) is 6.92 Å². The highest BCUT2D eigenvalue weighted by Gasteiger charge is 2.24. The number of ether oxygens (including phenoxy) is 1. The molecule has 1 amide bonds. The number of carbonyl (C=O) groups excluding carboxylic acids is 2. The van der Waals surface area contributed by atoms with E-state index in [1.54, 1.807) is 19.1 Å². The summed E-state index contributed by atoms with van der Waals surface area (Å²) in [7, 11) is -0.901. The van der Waals surface area contributed by atoms with E-state index in [-0.39, 0.29) is 10.5 Å². The SMILES string of the molecule is Cc1ccc(S(=O)(=O)N(C)C)cc1C(=O)OC(C)C(=O)Nc1ccccc1-c1ccccc1. The van der Waals surface area contributed by atoms with Gasteiger partial charge in [0.15, 0.2) is 6.10 Å². The molecule has 0 saturated carbocycles. The maximum atomic E-state index is 12.8. The molecule has 0 heterocycles. The van der Waals surface area contributed by atoms with E-state index in [4.69, 9.17) is 4.74 Å². The van der Waals surface area contributed by atoms with Crippen molar-refractivity contribution in [3.63, 3.8) is 0 Å². The number of rotatable bonds is 7. The Hall–Kier alpha value is -3.49. The Labute approximate surface area is 194 Å². The van der Waals surface area contributed by atoms with Crippen molar-refractivity contribution in [2.75, 3.05) is 19.4 Å². The van der Waals surface area contributed by atoms with Gasteiger partial charge in [-0.2, -0.15) is 0 Å². The molecule has 0 aromatic heterocycles. The zero-order valence-electron chi connectivity index (χ0n) is 18.9. The first-order chi connectivity index (χ1) is 15.6. The van der Waals surface area contributed by atoms with Crippen LogP contribution in [0.5, 0.6) is 0 Å². The number of sulfonamides is 1. The maximum Gasteiger partial charge on any atom is 0.339 e. The van der Waals surface area contributed by atoms with Crippen molar-refractivity contribution in [2.45, 2.75) is 24.8 Å². The lowest BCUT2D eigenvalue weighted by atomic mass is 10.0. The molecule has 0 fully saturated rings. The Kier molecular flexibility index (Phi) is 7.30. The summed E-state index contributed by atoms with van der Waals surface area (Å²) in [5.74, 6) is -1.27. The van der Waals surface area contributed by atoms with Gasteiger partial charge in [0.2, 0.25) is 10.0 Å². The summed E-state index contributed by atoms with van der Waals surface area (Å²) in [5, 5.41) is 2.81. The quantitative estimate of drug-likeness (QED) is 0.530. The minimum atomic E-state index is -3.72. The molecule has 0 bridgehead atoms. The van der Waals surface area contributed by atoms with Crippen molar-refractivity contribution in [2.24, 2.45) is 0 Å². The number of para-hydroxylation sites is 1. The van der Waals surface area contributed by atoms with E-state index >= 15 is 0 Å². The topological polar surface area (TPSA) is 92.8 Å². The van der Waals surface area contributed by atoms with Crippen LogP contribution in [0.2, 0.25) is 0 Å². The predicted molar refractivity (Wildman–Crippen MR) is 127 cm³/mol.